The lowest BCUT2D eigenvalue weighted by Crippen LogP contribution is -2.13. The number of nitrogens with zero attached hydrogens (tertiary/aromatic N) is 4. The quantitative estimate of drug-likeness (QED) is 0.678. The van der Waals surface area contributed by atoms with Crippen LogP contribution >= 0.6 is 0 Å². The Hall–Kier alpha value is -2.85. The van der Waals surface area contributed by atoms with Gasteiger partial charge in [-0.15, -0.1) is 10.2 Å². The highest BCUT2D eigenvalue weighted by Crippen LogP contribution is 2.26. The molecule has 9 nitrogen and oxygen atoms in total. The number of benzene rings is 1. The number of hydrogen-bond donors (Lipinski definition) is 2. The third-order valence-corrected chi connectivity index (χ3v) is 5.91. The maximum atomic E-state index is 12.2. The largest absolute Gasteiger partial charge is 0.418 e. The van der Waals surface area contributed by atoms with Crippen LogP contribution < -0.4 is 11.5 Å². The van der Waals surface area contributed by atoms with Gasteiger partial charge in [-0.2, -0.15) is 0 Å². The molecule has 0 atom stereocenters. The van der Waals surface area contributed by atoms with Crippen molar-refractivity contribution in [3.05, 3.63) is 36.4 Å². The molecule has 0 aliphatic carbocycles. The molecule has 0 saturated heterocycles. The Kier molecular flexibility index (Phi) is 4.70. The first-order chi connectivity index (χ1) is 12.3. The molecule has 3 rings (SSSR count). The Labute approximate surface area is 154 Å². The van der Waals surface area contributed by atoms with Gasteiger partial charge in [0.25, 0.3) is 5.89 Å². The second-order valence-corrected chi connectivity index (χ2v) is 8.32. The first kappa shape index (κ1) is 18.0. The Morgan fingerprint density at radius 1 is 1.19 bits per heavy atom. The van der Waals surface area contributed by atoms with Crippen LogP contribution in [0.5, 0.6) is 0 Å². The topological polar surface area (TPSA) is 151 Å². The average Bonchev–Trinajstić information content (AvgIpc) is 3.11. The lowest BCUT2D eigenvalue weighted by atomic mass is 10.1. The zero-order chi connectivity index (χ0) is 18.9. The van der Waals surface area contributed by atoms with Gasteiger partial charge in [0.1, 0.15) is 0 Å². The summed E-state index contributed by atoms with van der Waals surface area (Å²) in [4.78, 5) is 8.77. The standard InChI is InChI=1S/C16H18N6O3S.3H2/c1-9(2)26(23,24)11-5-3-10(4-6-11)12-8-19-15(18)14(20-12)16-22-21-13(7-17)25-16;;;/h3-6,8-9H,7,17H2,1-2H3,(H2,18,19);3*1H. The minimum atomic E-state index is -3.34. The molecule has 3 aromatic rings. The predicted octanol–water partition coefficient (Wildman–Crippen LogP) is 2.15. The van der Waals surface area contributed by atoms with Crippen LogP contribution in [-0.4, -0.2) is 33.8 Å². The van der Waals surface area contributed by atoms with E-state index in [1.54, 1.807) is 38.1 Å². The maximum Gasteiger partial charge on any atom is 0.270 e. The van der Waals surface area contributed by atoms with Crippen molar-refractivity contribution in [2.45, 2.75) is 30.5 Å². The van der Waals surface area contributed by atoms with Gasteiger partial charge >= 0.3 is 0 Å². The lowest BCUT2D eigenvalue weighted by molar-refractivity contribution is 0.507. The molecule has 2 heterocycles. The van der Waals surface area contributed by atoms with Gasteiger partial charge in [-0.1, -0.05) is 12.1 Å². The van der Waals surface area contributed by atoms with E-state index in [4.69, 9.17) is 15.9 Å². The zero-order valence-electron chi connectivity index (χ0n) is 14.2. The molecular formula is C16H24N6O3S. The summed E-state index contributed by atoms with van der Waals surface area (Å²) in [6, 6.07) is 6.42. The molecule has 0 unspecified atom stereocenters. The van der Waals surface area contributed by atoms with Crippen molar-refractivity contribution in [2.24, 2.45) is 5.73 Å². The van der Waals surface area contributed by atoms with Gasteiger partial charge in [0.15, 0.2) is 21.3 Å². The van der Waals surface area contributed by atoms with Gasteiger partial charge in [-0.25, -0.2) is 18.4 Å². The van der Waals surface area contributed by atoms with E-state index in [9.17, 15) is 8.42 Å². The van der Waals surface area contributed by atoms with Crippen molar-refractivity contribution in [1.29, 1.82) is 0 Å². The Balaban J connectivity index is 0.00000261. The number of sulfone groups is 1. The van der Waals surface area contributed by atoms with Crippen LogP contribution in [-0.2, 0) is 16.4 Å². The van der Waals surface area contributed by atoms with E-state index < -0.39 is 15.1 Å². The smallest absolute Gasteiger partial charge is 0.270 e. The Morgan fingerprint density at radius 3 is 2.46 bits per heavy atom. The van der Waals surface area contributed by atoms with Crippen LogP contribution in [0.3, 0.4) is 0 Å². The fourth-order valence-corrected chi connectivity index (χ4v) is 3.27. The van der Waals surface area contributed by atoms with Gasteiger partial charge in [-0.3, -0.25) is 0 Å². The number of hydrogen-bond acceptors (Lipinski definition) is 9. The van der Waals surface area contributed by atoms with E-state index in [1.165, 1.54) is 6.20 Å². The lowest BCUT2D eigenvalue weighted by Gasteiger charge is -2.09. The van der Waals surface area contributed by atoms with Crippen molar-refractivity contribution in [3.8, 4) is 22.8 Å². The van der Waals surface area contributed by atoms with Gasteiger partial charge in [-0.05, 0) is 26.0 Å². The first-order valence-electron chi connectivity index (χ1n) is 7.82. The molecule has 142 valence electrons. The molecule has 26 heavy (non-hydrogen) atoms. The van der Waals surface area contributed by atoms with Crippen molar-refractivity contribution in [2.75, 3.05) is 5.73 Å². The van der Waals surface area contributed by atoms with Crippen molar-refractivity contribution < 1.29 is 17.1 Å². The summed E-state index contributed by atoms with van der Waals surface area (Å²) in [6.07, 6.45) is 1.49. The van der Waals surface area contributed by atoms with Gasteiger partial charge < -0.3 is 15.9 Å². The molecule has 0 spiro atoms. The van der Waals surface area contributed by atoms with Gasteiger partial charge in [0, 0.05) is 9.84 Å². The number of anilines is 1. The number of nitrogen functional groups attached to an aromatic ring is 1. The summed E-state index contributed by atoms with van der Waals surface area (Å²) in [6.45, 7) is 3.38. The molecule has 4 N–H and O–H groups in total. The summed E-state index contributed by atoms with van der Waals surface area (Å²) in [5.74, 6) is 0.520. The molecule has 0 aliphatic rings. The number of nitrogens with two attached hydrogens (primary N) is 2. The van der Waals surface area contributed by atoms with E-state index in [2.05, 4.69) is 20.2 Å². The second-order valence-electron chi connectivity index (χ2n) is 5.81. The van der Waals surface area contributed by atoms with Crippen LogP contribution in [0, 0.1) is 0 Å². The van der Waals surface area contributed by atoms with Crippen molar-refractivity contribution in [1.82, 2.24) is 20.2 Å². The Bertz CT molecular complexity index is 1040. The van der Waals surface area contributed by atoms with Crippen LogP contribution in [0.4, 0.5) is 5.82 Å². The highest BCUT2D eigenvalue weighted by molar-refractivity contribution is 7.92. The molecule has 1 aromatic carbocycles. The molecule has 0 bridgehead atoms. The molecule has 0 fully saturated rings. The summed E-state index contributed by atoms with van der Waals surface area (Å²) < 4.78 is 29.8. The minimum absolute atomic E-state index is 0. The fraction of sp³-hybridized carbons (Fsp3) is 0.250. The highest BCUT2D eigenvalue weighted by atomic mass is 32.2. The third kappa shape index (κ3) is 3.28. The van der Waals surface area contributed by atoms with E-state index >= 15 is 0 Å². The SMILES string of the molecule is CC(C)S(=O)(=O)c1ccc(-c2cnc(N)c(-c3nnc(CN)o3)n2)cc1.[HH].[HH].[HH]. The molecule has 0 amide bonds. The molecular weight excluding hydrogens is 356 g/mol. The first-order valence-corrected chi connectivity index (χ1v) is 9.37. The molecule has 2 aromatic heterocycles. The van der Waals surface area contributed by atoms with E-state index in [0.29, 0.717) is 11.3 Å². The number of aromatic nitrogens is 4. The monoisotopic (exact) mass is 380 g/mol. The minimum Gasteiger partial charge on any atom is -0.418 e. The van der Waals surface area contributed by atoms with Crippen LogP contribution in [0.15, 0.2) is 39.8 Å². The Morgan fingerprint density at radius 2 is 1.88 bits per heavy atom. The molecule has 0 radical (unpaired) electrons. The van der Waals surface area contributed by atoms with Crippen LogP contribution in [0.2, 0.25) is 0 Å². The van der Waals surface area contributed by atoms with E-state index in [-0.39, 0.29) is 39.0 Å². The highest BCUT2D eigenvalue weighted by Gasteiger charge is 2.19. The maximum absolute atomic E-state index is 12.2. The van der Waals surface area contributed by atoms with E-state index in [0.717, 1.165) is 0 Å². The van der Waals surface area contributed by atoms with E-state index in [1.807, 2.05) is 0 Å². The average molecular weight is 380 g/mol. The number of rotatable bonds is 5. The van der Waals surface area contributed by atoms with Crippen molar-refractivity contribution in [3.63, 3.8) is 0 Å². The fourth-order valence-electron chi connectivity index (χ4n) is 2.21. The summed E-state index contributed by atoms with van der Waals surface area (Å²) in [5.41, 5.74) is 12.7. The summed E-state index contributed by atoms with van der Waals surface area (Å²) >= 11 is 0. The van der Waals surface area contributed by atoms with Crippen molar-refractivity contribution >= 4 is 15.7 Å². The molecule has 0 aliphatic heterocycles. The third-order valence-electron chi connectivity index (χ3n) is 3.74. The van der Waals surface area contributed by atoms with Gasteiger partial charge in [0.05, 0.1) is 28.6 Å². The zero-order valence-corrected chi connectivity index (χ0v) is 15.1. The molecule has 0 saturated carbocycles. The normalized spacial score (nSPS) is 11.8. The predicted molar refractivity (Wildman–Crippen MR) is 102 cm³/mol. The van der Waals surface area contributed by atoms with Crippen LogP contribution in [0.25, 0.3) is 22.8 Å². The summed E-state index contributed by atoms with van der Waals surface area (Å²) in [7, 11) is -3.34. The summed E-state index contributed by atoms with van der Waals surface area (Å²) in [5, 5.41) is 7.14. The van der Waals surface area contributed by atoms with Gasteiger partial charge in [0.2, 0.25) is 5.89 Å². The molecule has 10 heteroatoms. The van der Waals surface area contributed by atoms with Crippen LogP contribution in [0.1, 0.15) is 24.0 Å². The second kappa shape index (κ2) is 6.81.